The monoisotopic (exact) mass is 543 g/mol. The van der Waals surface area contributed by atoms with Gasteiger partial charge >= 0.3 is 6.09 Å². The number of nitrogens with zero attached hydrogens (tertiary/aromatic N) is 2. The first-order valence-corrected chi connectivity index (χ1v) is 13.2. The number of carbonyl (C=O) groups is 1. The molecule has 4 rings (SSSR count). The number of aromatic nitrogens is 2. The van der Waals surface area contributed by atoms with Crippen LogP contribution in [0, 0.1) is 6.92 Å². The van der Waals surface area contributed by atoms with Crippen LogP contribution in [0.5, 0.6) is 11.5 Å². The average Bonchev–Trinajstić information content (AvgIpc) is 3.47. The molecule has 0 radical (unpaired) electrons. The molecule has 4 aromatic rings. The van der Waals surface area contributed by atoms with Crippen molar-refractivity contribution in [3.8, 4) is 33.5 Å². The highest BCUT2D eigenvalue weighted by Gasteiger charge is 2.20. The molecule has 0 aliphatic heterocycles. The first kappa shape index (κ1) is 26.1. The number of hydrogen-bond donors (Lipinski definition) is 1. The maximum Gasteiger partial charge on any atom is 0.412 e. The summed E-state index contributed by atoms with van der Waals surface area (Å²) in [6, 6.07) is 15.2. The van der Waals surface area contributed by atoms with E-state index in [0.29, 0.717) is 28.9 Å². The minimum absolute atomic E-state index is 0.470. The van der Waals surface area contributed by atoms with Gasteiger partial charge in [0.05, 0.1) is 34.2 Å². The van der Waals surface area contributed by atoms with E-state index in [2.05, 4.69) is 16.8 Å². The number of rotatable bonds is 9. The molecule has 36 heavy (non-hydrogen) atoms. The Kier molecular flexibility index (Phi) is 8.56. The second-order valence-electron chi connectivity index (χ2n) is 8.25. The molecule has 0 saturated carbocycles. The van der Waals surface area contributed by atoms with Crippen molar-refractivity contribution >= 4 is 40.6 Å². The number of methoxy groups -OCH3 is 1. The fraction of sp³-hybridized carbons (Fsp3) is 0.259. The summed E-state index contributed by atoms with van der Waals surface area (Å²) in [5.74, 6) is 1.28. The molecule has 0 fully saturated rings. The van der Waals surface area contributed by atoms with Gasteiger partial charge in [-0.05, 0) is 55.3 Å². The minimum Gasteiger partial charge on any atom is -0.497 e. The molecule has 0 aliphatic rings. The molecule has 0 spiro atoms. The summed E-state index contributed by atoms with van der Waals surface area (Å²) in [4.78, 5) is 17.3. The molecule has 188 valence electrons. The summed E-state index contributed by atoms with van der Waals surface area (Å²) in [6.07, 6.45) is 1.41. The number of halogens is 2. The Labute approximate surface area is 224 Å². The lowest BCUT2D eigenvalue weighted by atomic mass is 10.2. The summed E-state index contributed by atoms with van der Waals surface area (Å²) in [7, 11) is 1.64. The summed E-state index contributed by atoms with van der Waals surface area (Å²) in [5.41, 5.74) is 4.40. The summed E-state index contributed by atoms with van der Waals surface area (Å²) in [6.45, 7) is 5.07. The number of ether oxygens (including phenoxy) is 2. The molecule has 2 aromatic heterocycles. The Morgan fingerprint density at radius 3 is 2.58 bits per heavy atom. The number of carbonyl (C=O) groups excluding carboxylic acids is 1. The van der Waals surface area contributed by atoms with Gasteiger partial charge in [-0.1, -0.05) is 42.6 Å². The molecule has 0 bridgehead atoms. The van der Waals surface area contributed by atoms with Gasteiger partial charge in [0.2, 0.25) is 0 Å². The lowest BCUT2D eigenvalue weighted by molar-refractivity contribution is 0.200. The van der Waals surface area contributed by atoms with E-state index >= 15 is 0 Å². The van der Waals surface area contributed by atoms with Crippen LogP contribution in [-0.4, -0.2) is 29.3 Å². The standard InChI is InChI=1S/C27H27Cl2N3O3S/c1-4-5-12-30-27(33)35-25-14-24(32(17(25)2)15-18-6-11-21(28)22(29)13-18)23-16-36-26(31-23)19-7-9-20(34-3)10-8-19/h6-11,13-14,16H,4-5,12,15H2,1-3H3,(H,30,33). The minimum atomic E-state index is -0.470. The molecular weight excluding hydrogens is 517 g/mol. The Hall–Kier alpha value is -3.00. The van der Waals surface area contributed by atoms with E-state index in [0.717, 1.165) is 51.8 Å². The molecule has 0 atom stereocenters. The summed E-state index contributed by atoms with van der Waals surface area (Å²) >= 11 is 13.9. The Balaban J connectivity index is 1.68. The molecule has 0 unspecified atom stereocenters. The van der Waals surface area contributed by atoms with Crippen LogP contribution in [0.4, 0.5) is 4.79 Å². The van der Waals surface area contributed by atoms with Crippen LogP contribution in [0.2, 0.25) is 10.0 Å². The topological polar surface area (TPSA) is 65.4 Å². The van der Waals surface area contributed by atoms with Crippen LogP contribution in [-0.2, 0) is 6.54 Å². The highest BCUT2D eigenvalue weighted by Crippen LogP contribution is 2.35. The second kappa shape index (κ2) is 11.8. The van der Waals surface area contributed by atoms with Gasteiger partial charge in [0.25, 0.3) is 0 Å². The van der Waals surface area contributed by atoms with E-state index in [9.17, 15) is 4.79 Å². The molecular formula is C27H27Cl2N3O3S. The highest BCUT2D eigenvalue weighted by atomic mass is 35.5. The Morgan fingerprint density at radius 2 is 1.89 bits per heavy atom. The lowest BCUT2D eigenvalue weighted by Crippen LogP contribution is -2.27. The third-order valence-corrected chi connectivity index (χ3v) is 7.38. The third kappa shape index (κ3) is 6.03. The molecule has 2 aromatic carbocycles. The second-order valence-corrected chi connectivity index (χ2v) is 9.92. The van der Waals surface area contributed by atoms with E-state index in [-0.39, 0.29) is 0 Å². The van der Waals surface area contributed by atoms with Crippen molar-refractivity contribution in [2.24, 2.45) is 0 Å². The summed E-state index contributed by atoms with van der Waals surface area (Å²) in [5, 5.41) is 6.68. The van der Waals surface area contributed by atoms with Crippen LogP contribution < -0.4 is 14.8 Å². The van der Waals surface area contributed by atoms with Crippen molar-refractivity contribution in [2.45, 2.75) is 33.2 Å². The molecule has 2 heterocycles. The number of benzene rings is 2. The van der Waals surface area contributed by atoms with Crippen molar-refractivity contribution < 1.29 is 14.3 Å². The lowest BCUT2D eigenvalue weighted by Gasteiger charge is -2.12. The predicted octanol–water partition coefficient (Wildman–Crippen LogP) is 7.84. The SMILES string of the molecule is CCCCNC(=O)Oc1cc(-c2csc(-c3ccc(OC)cc3)n2)n(Cc2ccc(Cl)c(Cl)c2)c1C. The smallest absolute Gasteiger partial charge is 0.412 e. The van der Waals surface area contributed by atoms with Gasteiger partial charge in [-0.15, -0.1) is 11.3 Å². The Morgan fingerprint density at radius 1 is 1.11 bits per heavy atom. The zero-order chi connectivity index (χ0) is 25.7. The van der Waals surface area contributed by atoms with Crippen molar-refractivity contribution in [3.63, 3.8) is 0 Å². The summed E-state index contributed by atoms with van der Waals surface area (Å²) < 4.78 is 13.0. The quantitative estimate of drug-likeness (QED) is 0.218. The Bertz CT molecular complexity index is 1350. The number of unbranched alkanes of at least 4 members (excludes halogenated alkanes) is 1. The molecule has 0 saturated heterocycles. The van der Waals surface area contributed by atoms with E-state index in [1.165, 1.54) is 0 Å². The van der Waals surface area contributed by atoms with Crippen molar-refractivity contribution in [3.05, 3.63) is 75.2 Å². The van der Waals surface area contributed by atoms with Crippen molar-refractivity contribution in [1.29, 1.82) is 0 Å². The largest absolute Gasteiger partial charge is 0.497 e. The maximum absolute atomic E-state index is 12.4. The zero-order valence-electron chi connectivity index (χ0n) is 20.3. The molecule has 1 amide bonds. The van der Waals surface area contributed by atoms with Gasteiger partial charge in [-0.3, -0.25) is 0 Å². The van der Waals surface area contributed by atoms with Crippen LogP contribution >= 0.6 is 34.5 Å². The van der Waals surface area contributed by atoms with E-state index in [1.807, 2.05) is 54.8 Å². The van der Waals surface area contributed by atoms with Gasteiger partial charge < -0.3 is 19.4 Å². The highest BCUT2D eigenvalue weighted by molar-refractivity contribution is 7.13. The van der Waals surface area contributed by atoms with Gasteiger partial charge in [0.1, 0.15) is 10.8 Å². The predicted molar refractivity (Wildman–Crippen MR) is 147 cm³/mol. The van der Waals surface area contributed by atoms with Crippen LogP contribution in [0.3, 0.4) is 0 Å². The molecule has 9 heteroatoms. The number of nitrogens with one attached hydrogen (secondary N) is 1. The van der Waals surface area contributed by atoms with Crippen LogP contribution in [0.15, 0.2) is 53.9 Å². The molecule has 6 nitrogen and oxygen atoms in total. The van der Waals surface area contributed by atoms with Crippen LogP contribution in [0.1, 0.15) is 31.0 Å². The van der Waals surface area contributed by atoms with Gasteiger partial charge in [0.15, 0.2) is 5.75 Å². The maximum atomic E-state index is 12.4. The van der Waals surface area contributed by atoms with E-state index < -0.39 is 6.09 Å². The van der Waals surface area contributed by atoms with Crippen molar-refractivity contribution in [2.75, 3.05) is 13.7 Å². The van der Waals surface area contributed by atoms with Crippen molar-refractivity contribution in [1.82, 2.24) is 14.9 Å². The third-order valence-electron chi connectivity index (χ3n) is 5.75. The number of amides is 1. The first-order valence-electron chi connectivity index (χ1n) is 11.6. The number of thiazole rings is 1. The molecule has 1 N–H and O–H groups in total. The average molecular weight is 545 g/mol. The zero-order valence-corrected chi connectivity index (χ0v) is 22.6. The van der Waals surface area contributed by atoms with E-state index in [1.54, 1.807) is 24.5 Å². The van der Waals surface area contributed by atoms with E-state index in [4.69, 9.17) is 37.7 Å². The van der Waals surface area contributed by atoms with Gasteiger partial charge in [-0.2, -0.15) is 0 Å². The fourth-order valence-corrected chi connectivity index (χ4v) is 4.86. The van der Waals surface area contributed by atoms with Crippen LogP contribution in [0.25, 0.3) is 22.0 Å². The molecule has 0 aliphatic carbocycles. The fourth-order valence-electron chi connectivity index (χ4n) is 3.72. The number of hydrogen-bond acceptors (Lipinski definition) is 5. The first-order chi connectivity index (χ1) is 17.4. The normalized spacial score (nSPS) is 10.9. The van der Waals surface area contributed by atoms with Gasteiger partial charge in [0, 0.05) is 30.1 Å². The van der Waals surface area contributed by atoms with Gasteiger partial charge in [-0.25, -0.2) is 9.78 Å².